The molecule has 1 N–H and O–H groups in total. The number of hydrogen-bond acceptors (Lipinski definition) is 2. The van der Waals surface area contributed by atoms with E-state index in [2.05, 4.69) is 10.3 Å². The molecule has 2 aromatic heterocycles. The van der Waals surface area contributed by atoms with Gasteiger partial charge in [0.2, 0.25) is 5.91 Å². The normalized spacial score (nSPS) is 10.7. The molecule has 0 aliphatic carbocycles. The maximum absolute atomic E-state index is 11.2. The minimum absolute atomic E-state index is 0.0692. The van der Waals surface area contributed by atoms with Gasteiger partial charge in [0, 0.05) is 30.6 Å². The van der Waals surface area contributed by atoms with Gasteiger partial charge >= 0.3 is 0 Å². The highest BCUT2D eigenvalue weighted by molar-refractivity contribution is 5.90. The fourth-order valence-electron chi connectivity index (χ4n) is 2.18. The fourth-order valence-corrected chi connectivity index (χ4v) is 2.18. The average molecular weight is 265 g/mol. The number of rotatable bonds is 2. The van der Waals surface area contributed by atoms with Gasteiger partial charge < -0.3 is 9.72 Å². The topological polar surface area (TPSA) is 46.4 Å². The number of aryl methyl sites for hydroxylation is 1. The van der Waals surface area contributed by atoms with Crippen LogP contribution in [0.3, 0.4) is 0 Å². The zero-order valence-corrected chi connectivity index (χ0v) is 11.4. The quantitative estimate of drug-likeness (QED) is 0.773. The first-order valence-electron chi connectivity index (χ1n) is 6.46. The van der Waals surface area contributed by atoms with Crippen LogP contribution in [0.4, 0.5) is 5.69 Å². The van der Waals surface area contributed by atoms with Crippen LogP contribution in [0.15, 0.2) is 48.8 Å². The van der Waals surface area contributed by atoms with Crippen LogP contribution in [-0.2, 0) is 4.79 Å². The fraction of sp³-hybridized carbons (Fsp3) is 0.125. The van der Waals surface area contributed by atoms with Crippen LogP contribution >= 0.6 is 0 Å². The lowest BCUT2D eigenvalue weighted by atomic mass is 10.1. The van der Waals surface area contributed by atoms with Crippen molar-refractivity contribution < 1.29 is 4.79 Å². The second kappa shape index (κ2) is 4.81. The van der Waals surface area contributed by atoms with Crippen molar-refractivity contribution in [2.45, 2.75) is 13.8 Å². The Bertz CT molecular complexity index is 756. The molecule has 0 saturated carbocycles. The van der Waals surface area contributed by atoms with Crippen molar-refractivity contribution in [2.24, 2.45) is 0 Å². The van der Waals surface area contributed by atoms with Crippen molar-refractivity contribution in [2.75, 3.05) is 5.32 Å². The number of amides is 1. The summed E-state index contributed by atoms with van der Waals surface area (Å²) in [5, 5.41) is 2.84. The molecule has 0 radical (unpaired) electrons. The van der Waals surface area contributed by atoms with Gasteiger partial charge in [0.15, 0.2) is 0 Å². The highest BCUT2D eigenvalue weighted by Crippen LogP contribution is 2.25. The molecule has 100 valence electrons. The van der Waals surface area contributed by atoms with Crippen LogP contribution in [0, 0.1) is 6.92 Å². The average Bonchev–Trinajstić information content (AvgIpc) is 2.84. The van der Waals surface area contributed by atoms with Crippen molar-refractivity contribution >= 4 is 17.2 Å². The van der Waals surface area contributed by atoms with Crippen LogP contribution < -0.4 is 5.32 Å². The van der Waals surface area contributed by atoms with Crippen molar-refractivity contribution in [1.82, 2.24) is 9.38 Å². The molecule has 2 heterocycles. The molecule has 0 atom stereocenters. The second-order valence-corrected chi connectivity index (χ2v) is 4.80. The van der Waals surface area contributed by atoms with E-state index in [9.17, 15) is 4.79 Å². The Morgan fingerprint density at radius 2 is 2.10 bits per heavy atom. The first-order valence-corrected chi connectivity index (χ1v) is 6.46. The van der Waals surface area contributed by atoms with Gasteiger partial charge in [0.05, 0.1) is 5.69 Å². The van der Waals surface area contributed by atoms with E-state index < -0.39 is 0 Å². The monoisotopic (exact) mass is 265 g/mol. The van der Waals surface area contributed by atoms with Gasteiger partial charge in [0.25, 0.3) is 0 Å². The van der Waals surface area contributed by atoms with E-state index in [1.165, 1.54) is 6.92 Å². The number of nitrogens with one attached hydrogen (secondary N) is 1. The summed E-state index contributed by atoms with van der Waals surface area (Å²) in [7, 11) is 0. The number of nitrogens with zero attached hydrogens (tertiary/aromatic N) is 2. The maximum atomic E-state index is 11.2. The predicted octanol–water partition coefficient (Wildman–Crippen LogP) is 3.27. The third kappa shape index (κ3) is 2.28. The molecule has 0 aliphatic rings. The van der Waals surface area contributed by atoms with Gasteiger partial charge in [-0.2, -0.15) is 0 Å². The summed E-state index contributed by atoms with van der Waals surface area (Å²) in [6, 6.07) is 11.9. The first-order chi connectivity index (χ1) is 9.63. The minimum atomic E-state index is -0.0692. The number of pyridine rings is 1. The van der Waals surface area contributed by atoms with Crippen LogP contribution in [0.25, 0.3) is 16.9 Å². The summed E-state index contributed by atoms with van der Waals surface area (Å²) < 4.78 is 1.98. The number of carbonyl (C=O) groups is 1. The summed E-state index contributed by atoms with van der Waals surface area (Å²) in [4.78, 5) is 15.8. The number of aromatic nitrogens is 2. The van der Waals surface area contributed by atoms with Crippen molar-refractivity contribution in [3.63, 3.8) is 0 Å². The lowest BCUT2D eigenvalue weighted by Gasteiger charge is -2.07. The van der Waals surface area contributed by atoms with E-state index in [4.69, 9.17) is 0 Å². The van der Waals surface area contributed by atoms with Crippen LogP contribution in [-0.4, -0.2) is 15.3 Å². The van der Waals surface area contributed by atoms with Crippen molar-refractivity contribution in [3.05, 3.63) is 54.4 Å². The Labute approximate surface area is 117 Å². The summed E-state index contributed by atoms with van der Waals surface area (Å²) in [5.74, 6) is -0.0692. The van der Waals surface area contributed by atoms with Crippen molar-refractivity contribution in [1.29, 1.82) is 0 Å². The highest BCUT2D eigenvalue weighted by Gasteiger charge is 2.07. The zero-order valence-electron chi connectivity index (χ0n) is 11.4. The lowest BCUT2D eigenvalue weighted by Crippen LogP contribution is -2.07. The molecule has 1 amide bonds. The third-order valence-electron chi connectivity index (χ3n) is 3.21. The Hall–Kier alpha value is -2.62. The molecule has 0 fully saturated rings. The van der Waals surface area contributed by atoms with E-state index in [1.54, 1.807) is 0 Å². The summed E-state index contributed by atoms with van der Waals surface area (Å²) in [6.07, 6.45) is 3.95. The van der Waals surface area contributed by atoms with E-state index in [-0.39, 0.29) is 5.91 Å². The molecule has 0 spiro atoms. The van der Waals surface area contributed by atoms with Gasteiger partial charge in [-0.25, -0.2) is 4.98 Å². The molecule has 1 aromatic carbocycles. The largest absolute Gasteiger partial charge is 0.326 e. The Balaban J connectivity index is 2.07. The van der Waals surface area contributed by atoms with E-state index in [0.717, 1.165) is 28.2 Å². The third-order valence-corrected chi connectivity index (χ3v) is 3.21. The molecule has 0 saturated heterocycles. The number of fused-ring (bicyclic) bond motifs is 1. The Morgan fingerprint density at radius 3 is 2.85 bits per heavy atom. The van der Waals surface area contributed by atoms with Gasteiger partial charge in [-0.3, -0.25) is 4.79 Å². The maximum Gasteiger partial charge on any atom is 0.221 e. The summed E-state index contributed by atoms with van der Waals surface area (Å²) in [6.45, 7) is 3.48. The second-order valence-electron chi connectivity index (χ2n) is 4.80. The van der Waals surface area contributed by atoms with Gasteiger partial charge in [-0.15, -0.1) is 0 Å². The molecule has 20 heavy (non-hydrogen) atoms. The lowest BCUT2D eigenvalue weighted by molar-refractivity contribution is -0.114. The molecular formula is C16H15N3O. The zero-order chi connectivity index (χ0) is 14.1. The number of hydrogen-bond donors (Lipinski definition) is 1. The molecule has 4 heteroatoms. The minimum Gasteiger partial charge on any atom is -0.326 e. The number of carbonyl (C=O) groups excluding carboxylic acids is 1. The Kier molecular flexibility index (Phi) is 2.99. The van der Waals surface area contributed by atoms with Crippen LogP contribution in [0.1, 0.15) is 12.5 Å². The van der Waals surface area contributed by atoms with Crippen LogP contribution in [0.2, 0.25) is 0 Å². The van der Waals surface area contributed by atoms with E-state index in [1.807, 2.05) is 60.1 Å². The number of anilines is 1. The van der Waals surface area contributed by atoms with Crippen LogP contribution in [0.5, 0.6) is 0 Å². The van der Waals surface area contributed by atoms with Gasteiger partial charge in [-0.1, -0.05) is 18.2 Å². The predicted molar refractivity (Wildman–Crippen MR) is 79.7 cm³/mol. The van der Waals surface area contributed by atoms with E-state index >= 15 is 0 Å². The molecular weight excluding hydrogens is 250 g/mol. The molecule has 3 rings (SSSR count). The van der Waals surface area contributed by atoms with Gasteiger partial charge in [0.1, 0.15) is 5.65 Å². The molecule has 3 aromatic rings. The smallest absolute Gasteiger partial charge is 0.221 e. The first kappa shape index (κ1) is 12.4. The summed E-state index contributed by atoms with van der Waals surface area (Å²) in [5.41, 5.74) is 4.65. The Morgan fingerprint density at radius 1 is 1.25 bits per heavy atom. The van der Waals surface area contributed by atoms with Gasteiger partial charge in [-0.05, 0) is 30.7 Å². The summed E-state index contributed by atoms with van der Waals surface area (Å²) >= 11 is 0. The number of imidazole rings is 1. The SMILES string of the molecule is CC(=O)Nc1cc(-c2cn3ccccc3n2)ccc1C. The molecule has 0 aliphatic heterocycles. The molecule has 4 nitrogen and oxygen atoms in total. The molecule has 0 bridgehead atoms. The highest BCUT2D eigenvalue weighted by atomic mass is 16.1. The molecule has 0 unspecified atom stereocenters. The standard InChI is InChI=1S/C16H15N3O/c1-11-6-7-13(9-14(11)17-12(2)20)15-10-19-8-4-3-5-16(19)18-15/h3-10H,1-2H3,(H,17,20). The number of benzene rings is 1. The van der Waals surface area contributed by atoms with E-state index in [0.29, 0.717) is 0 Å². The van der Waals surface area contributed by atoms with Crippen molar-refractivity contribution in [3.8, 4) is 11.3 Å².